The first-order valence-corrected chi connectivity index (χ1v) is 6.81. The van der Waals surface area contributed by atoms with Crippen LogP contribution in [-0.2, 0) is 5.54 Å². The van der Waals surface area contributed by atoms with Crippen LogP contribution in [0.1, 0.15) is 11.1 Å². The predicted molar refractivity (Wildman–Crippen MR) is 83.4 cm³/mol. The van der Waals surface area contributed by atoms with Crippen LogP contribution in [0, 0.1) is 6.07 Å². The van der Waals surface area contributed by atoms with Crippen molar-refractivity contribution in [1.29, 1.82) is 0 Å². The van der Waals surface area contributed by atoms with Gasteiger partial charge in [-0.05, 0) is 33.2 Å². The highest BCUT2D eigenvalue weighted by Crippen LogP contribution is 2.38. The molecule has 0 saturated carbocycles. The largest absolute Gasteiger partial charge is 0.171 e. The molecule has 0 spiro atoms. The van der Waals surface area contributed by atoms with Gasteiger partial charge >= 0.3 is 0 Å². The molecule has 1 unspecified atom stereocenters. The van der Waals surface area contributed by atoms with Gasteiger partial charge in [0.15, 0.2) is 5.54 Å². The summed E-state index contributed by atoms with van der Waals surface area (Å²) in [5.41, 5.74) is 1.50. The van der Waals surface area contributed by atoms with E-state index < -0.39 is 5.54 Å². The second kappa shape index (κ2) is 4.63. The Balaban J connectivity index is 2.05. The summed E-state index contributed by atoms with van der Waals surface area (Å²) in [5.74, 6) is 0. The Bertz CT molecular complexity index is 833. The summed E-state index contributed by atoms with van der Waals surface area (Å²) in [4.78, 5) is 0. The summed E-state index contributed by atoms with van der Waals surface area (Å²) in [5, 5.41) is 14.7. The summed E-state index contributed by atoms with van der Waals surface area (Å²) in [6.45, 7) is 0. The van der Waals surface area contributed by atoms with E-state index in [1.165, 1.54) is 10.8 Å². The van der Waals surface area contributed by atoms with Gasteiger partial charge in [-0.3, -0.25) is 0 Å². The van der Waals surface area contributed by atoms with Crippen molar-refractivity contribution in [2.24, 2.45) is 15.4 Å². The van der Waals surface area contributed by atoms with Crippen LogP contribution in [-0.4, -0.2) is 6.21 Å². The summed E-state index contributed by atoms with van der Waals surface area (Å²) in [6.07, 6.45) is 1.81. The van der Waals surface area contributed by atoms with E-state index in [1.54, 1.807) is 0 Å². The molecule has 0 fully saturated rings. The van der Waals surface area contributed by atoms with Crippen molar-refractivity contribution >= 4 is 17.0 Å². The van der Waals surface area contributed by atoms with Crippen LogP contribution in [0.25, 0.3) is 10.8 Å². The molecule has 0 N–H and O–H groups in total. The minimum Gasteiger partial charge on any atom is -0.146 e. The Kier molecular flexibility index (Phi) is 2.64. The quantitative estimate of drug-likeness (QED) is 0.664. The SMILES string of the molecule is [c]1ccc(C2(c3cccc4ccccc34)C=NN=N2)cc1. The molecule has 1 heterocycles. The molecule has 3 nitrogen and oxygen atoms in total. The fourth-order valence-corrected chi connectivity index (χ4v) is 2.84. The van der Waals surface area contributed by atoms with Crippen molar-refractivity contribution in [2.75, 3.05) is 0 Å². The third-order valence-electron chi connectivity index (χ3n) is 3.86. The zero-order chi connectivity index (χ0) is 14.1. The van der Waals surface area contributed by atoms with Crippen molar-refractivity contribution in [2.45, 2.75) is 5.54 Å². The maximum atomic E-state index is 4.45. The van der Waals surface area contributed by atoms with E-state index in [4.69, 9.17) is 0 Å². The van der Waals surface area contributed by atoms with E-state index >= 15 is 0 Å². The molecule has 4 rings (SSSR count). The van der Waals surface area contributed by atoms with Crippen LogP contribution >= 0.6 is 0 Å². The fourth-order valence-electron chi connectivity index (χ4n) is 2.84. The number of nitrogens with zero attached hydrogens (tertiary/aromatic N) is 3. The van der Waals surface area contributed by atoms with Gasteiger partial charge in [-0.1, -0.05) is 66.7 Å². The molecule has 1 aliphatic heterocycles. The minimum atomic E-state index is -0.643. The van der Waals surface area contributed by atoms with Crippen molar-refractivity contribution in [1.82, 2.24) is 0 Å². The average molecular weight is 270 g/mol. The van der Waals surface area contributed by atoms with Crippen molar-refractivity contribution in [3.8, 4) is 0 Å². The number of benzene rings is 3. The molecule has 1 aliphatic rings. The van der Waals surface area contributed by atoms with Crippen LogP contribution < -0.4 is 0 Å². The molecule has 3 aromatic rings. The lowest BCUT2D eigenvalue weighted by Crippen LogP contribution is -2.25. The Morgan fingerprint density at radius 3 is 2.48 bits per heavy atom. The normalized spacial score (nSPS) is 20.2. The molecular formula is C18H12N3. The summed E-state index contributed by atoms with van der Waals surface area (Å²) in [6, 6.07) is 25.4. The Labute approximate surface area is 122 Å². The Morgan fingerprint density at radius 2 is 1.67 bits per heavy atom. The second-order valence-corrected chi connectivity index (χ2v) is 5.02. The van der Waals surface area contributed by atoms with Crippen LogP contribution in [0.4, 0.5) is 0 Å². The highest BCUT2D eigenvalue weighted by molar-refractivity contribution is 5.93. The lowest BCUT2D eigenvalue weighted by atomic mass is 9.82. The van der Waals surface area contributed by atoms with Gasteiger partial charge in [-0.25, -0.2) is 0 Å². The van der Waals surface area contributed by atoms with E-state index in [0.717, 1.165) is 11.1 Å². The monoisotopic (exact) mass is 270 g/mol. The first-order valence-electron chi connectivity index (χ1n) is 6.81. The summed E-state index contributed by atoms with van der Waals surface area (Å²) < 4.78 is 0. The van der Waals surface area contributed by atoms with E-state index in [1.807, 2.05) is 42.6 Å². The van der Waals surface area contributed by atoms with Crippen molar-refractivity contribution in [3.63, 3.8) is 0 Å². The molecule has 99 valence electrons. The third kappa shape index (κ3) is 1.78. The lowest BCUT2D eigenvalue weighted by Gasteiger charge is -2.24. The van der Waals surface area contributed by atoms with Gasteiger partial charge in [0.2, 0.25) is 0 Å². The lowest BCUT2D eigenvalue weighted by molar-refractivity contribution is 0.725. The molecule has 1 radical (unpaired) electrons. The van der Waals surface area contributed by atoms with Gasteiger partial charge < -0.3 is 0 Å². The van der Waals surface area contributed by atoms with Gasteiger partial charge in [-0.15, -0.1) is 10.2 Å². The van der Waals surface area contributed by atoms with E-state index in [9.17, 15) is 0 Å². The van der Waals surface area contributed by atoms with Crippen LogP contribution in [0.3, 0.4) is 0 Å². The highest BCUT2D eigenvalue weighted by atomic mass is 15.4. The van der Waals surface area contributed by atoms with E-state index in [-0.39, 0.29) is 0 Å². The second-order valence-electron chi connectivity index (χ2n) is 5.02. The number of fused-ring (bicyclic) bond motifs is 1. The topological polar surface area (TPSA) is 37.1 Å². The zero-order valence-corrected chi connectivity index (χ0v) is 11.3. The molecule has 21 heavy (non-hydrogen) atoms. The number of hydrogen-bond acceptors (Lipinski definition) is 3. The maximum absolute atomic E-state index is 4.45. The zero-order valence-electron chi connectivity index (χ0n) is 11.3. The third-order valence-corrected chi connectivity index (χ3v) is 3.86. The van der Waals surface area contributed by atoms with Gasteiger partial charge in [0.05, 0.1) is 6.21 Å². The minimum absolute atomic E-state index is 0.643. The number of hydrogen-bond donors (Lipinski definition) is 0. The molecule has 0 bridgehead atoms. The average Bonchev–Trinajstić information content (AvgIpc) is 3.06. The first kappa shape index (κ1) is 12.0. The summed E-state index contributed by atoms with van der Waals surface area (Å²) >= 11 is 0. The maximum Gasteiger partial charge on any atom is 0.171 e. The van der Waals surface area contributed by atoms with Crippen LogP contribution in [0.2, 0.25) is 0 Å². The first-order chi connectivity index (χ1) is 10.4. The fraction of sp³-hybridized carbons (Fsp3) is 0.0556. The Hall–Kier alpha value is -2.81. The molecule has 1 atom stereocenters. The molecule has 3 aromatic carbocycles. The van der Waals surface area contributed by atoms with Crippen LogP contribution in [0.15, 0.2) is 82.2 Å². The standard InChI is InChI=1S/C18H12N3/c1-2-9-15(10-3-1)18(13-19-21-20-18)17-12-6-8-14-7-4-5-11-16(14)17/h2-13H. The van der Waals surface area contributed by atoms with Gasteiger partial charge in [-0.2, -0.15) is 0 Å². The smallest absolute Gasteiger partial charge is 0.146 e. The van der Waals surface area contributed by atoms with Crippen molar-refractivity contribution in [3.05, 3.63) is 83.9 Å². The molecule has 0 amide bonds. The molecular weight excluding hydrogens is 258 g/mol. The highest BCUT2D eigenvalue weighted by Gasteiger charge is 2.36. The Morgan fingerprint density at radius 1 is 0.857 bits per heavy atom. The van der Waals surface area contributed by atoms with Gasteiger partial charge in [0, 0.05) is 0 Å². The van der Waals surface area contributed by atoms with Gasteiger partial charge in [0.25, 0.3) is 0 Å². The molecule has 0 saturated heterocycles. The van der Waals surface area contributed by atoms with E-state index in [2.05, 4.69) is 51.8 Å². The molecule has 0 aromatic heterocycles. The molecule has 3 heteroatoms. The van der Waals surface area contributed by atoms with Crippen LogP contribution in [0.5, 0.6) is 0 Å². The number of rotatable bonds is 2. The molecule has 0 aliphatic carbocycles. The van der Waals surface area contributed by atoms with Gasteiger partial charge in [0.1, 0.15) is 0 Å². The predicted octanol–water partition coefficient (Wildman–Crippen LogP) is 4.34. The van der Waals surface area contributed by atoms with Crippen molar-refractivity contribution < 1.29 is 0 Å². The van der Waals surface area contributed by atoms with E-state index in [0.29, 0.717) is 0 Å². The summed E-state index contributed by atoms with van der Waals surface area (Å²) in [7, 11) is 0.